The maximum Gasteiger partial charge on any atom is 0.241 e. The van der Waals surface area contributed by atoms with Crippen LogP contribution in [0.15, 0.2) is 27.6 Å². The number of benzene rings is 1. The van der Waals surface area contributed by atoms with Crippen LogP contribution in [0.2, 0.25) is 0 Å². The highest BCUT2D eigenvalue weighted by molar-refractivity contribution is 9.10. The molecule has 0 aromatic heterocycles. The number of aliphatic hydroxyl groups is 1. The molecule has 1 aromatic rings. The Morgan fingerprint density at radius 2 is 1.94 bits per heavy atom. The normalized spacial score (nSPS) is 12.1. The molecule has 6 heteroatoms. The highest BCUT2D eigenvalue weighted by atomic mass is 79.9. The molecule has 0 aliphatic rings. The third-order valence-electron chi connectivity index (χ3n) is 2.78. The topological polar surface area (TPSA) is 66.4 Å². The van der Waals surface area contributed by atoms with Crippen molar-refractivity contribution >= 4 is 26.0 Å². The molecule has 0 radical (unpaired) electrons. The second kappa shape index (κ2) is 6.65. The van der Waals surface area contributed by atoms with E-state index >= 15 is 0 Å². The van der Waals surface area contributed by atoms with Crippen molar-refractivity contribution in [3.8, 4) is 0 Å². The minimum Gasteiger partial charge on any atom is -0.392 e. The van der Waals surface area contributed by atoms with Gasteiger partial charge >= 0.3 is 0 Å². The van der Waals surface area contributed by atoms with E-state index in [1.807, 2.05) is 13.8 Å². The maximum atomic E-state index is 12.2. The lowest BCUT2D eigenvalue weighted by Crippen LogP contribution is -2.34. The minimum absolute atomic E-state index is 0.0697. The third-order valence-corrected chi connectivity index (χ3v) is 5.29. The van der Waals surface area contributed by atoms with E-state index in [0.29, 0.717) is 10.0 Å². The smallest absolute Gasteiger partial charge is 0.241 e. The molecule has 18 heavy (non-hydrogen) atoms. The lowest BCUT2D eigenvalue weighted by molar-refractivity contribution is 0.281. The first-order valence-corrected chi connectivity index (χ1v) is 8.13. The minimum atomic E-state index is -3.55. The molecule has 0 atom stereocenters. The van der Waals surface area contributed by atoms with Crippen LogP contribution >= 0.6 is 15.9 Å². The Morgan fingerprint density at radius 1 is 1.33 bits per heavy atom. The molecule has 0 saturated carbocycles. The van der Waals surface area contributed by atoms with Gasteiger partial charge in [0.2, 0.25) is 10.0 Å². The summed E-state index contributed by atoms with van der Waals surface area (Å²) in [4.78, 5) is 0.168. The standard InChI is InChI=1S/C12H18BrNO3S/c1-3-10(4-2)14-18(16,17)12-7-9(8-15)5-6-11(12)13/h5-7,10,14-15H,3-4,8H2,1-2H3. The van der Waals surface area contributed by atoms with Gasteiger partial charge in [-0.15, -0.1) is 0 Å². The Labute approximate surface area is 117 Å². The van der Waals surface area contributed by atoms with E-state index in [-0.39, 0.29) is 17.5 Å². The van der Waals surface area contributed by atoms with Gasteiger partial charge in [0.05, 0.1) is 11.5 Å². The van der Waals surface area contributed by atoms with Crippen molar-refractivity contribution in [3.05, 3.63) is 28.2 Å². The van der Waals surface area contributed by atoms with Gasteiger partial charge in [-0.2, -0.15) is 0 Å². The predicted octanol–water partition coefficient (Wildman–Crippen LogP) is 2.41. The van der Waals surface area contributed by atoms with Crippen molar-refractivity contribution < 1.29 is 13.5 Å². The first-order valence-electron chi connectivity index (χ1n) is 5.86. The fourth-order valence-corrected chi connectivity index (χ4v) is 4.01. The average molecular weight is 336 g/mol. The Bertz CT molecular complexity index is 498. The largest absolute Gasteiger partial charge is 0.392 e. The number of rotatable bonds is 6. The lowest BCUT2D eigenvalue weighted by atomic mass is 10.2. The molecule has 4 nitrogen and oxygen atoms in total. The molecule has 2 N–H and O–H groups in total. The second-order valence-electron chi connectivity index (χ2n) is 4.06. The highest BCUT2D eigenvalue weighted by Gasteiger charge is 2.21. The summed E-state index contributed by atoms with van der Waals surface area (Å²) in [6, 6.07) is 4.72. The zero-order valence-electron chi connectivity index (χ0n) is 10.5. The number of hydrogen-bond donors (Lipinski definition) is 2. The van der Waals surface area contributed by atoms with E-state index in [1.165, 1.54) is 6.07 Å². The van der Waals surface area contributed by atoms with Gasteiger partial charge in [0.1, 0.15) is 0 Å². The van der Waals surface area contributed by atoms with Crippen molar-refractivity contribution in [2.75, 3.05) is 0 Å². The first-order chi connectivity index (χ1) is 8.44. The summed E-state index contributed by atoms with van der Waals surface area (Å²) in [5, 5.41) is 9.06. The summed E-state index contributed by atoms with van der Waals surface area (Å²) in [7, 11) is -3.55. The van der Waals surface area contributed by atoms with Crippen LogP contribution in [-0.4, -0.2) is 19.6 Å². The number of nitrogens with one attached hydrogen (secondary N) is 1. The van der Waals surface area contributed by atoms with Crippen LogP contribution in [0.3, 0.4) is 0 Å². The van der Waals surface area contributed by atoms with E-state index in [1.54, 1.807) is 12.1 Å². The number of hydrogen-bond acceptors (Lipinski definition) is 3. The number of aliphatic hydroxyl groups excluding tert-OH is 1. The molecule has 0 aliphatic heterocycles. The molecular weight excluding hydrogens is 318 g/mol. The number of sulfonamides is 1. The third kappa shape index (κ3) is 3.78. The van der Waals surface area contributed by atoms with Crippen LogP contribution in [0.5, 0.6) is 0 Å². The van der Waals surface area contributed by atoms with Gasteiger partial charge in [-0.3, -0.25) is 0 Å². The van der Waals surface area contributed by atoms with Crippen molar-refractivity contribution in [1.82, 2.24) is 4.72 Å². The van der Waals surface area contributed by atoms with Gasteiger partial charge in [-0.05, 0) is 46.5 Å². The Hall–Kier alpha value is -0.430. The van der Waals surface area contributed by atoms with E-state index in [0.717, 1.165) is 12.8 Å². The number of halogens is 1. The van der Waals surface area contributed by atoms with Crippen LogP contribution in [0.4, 0.5) is 0 Å². The van der Waals surface area contributed by atoms with E-state index in [9.17, 15) is 8.42 Å². The zero-order chi connectivity index (χ0) is 13.8. The summed E-state index contributed by atoms with van der Waals surface area (Å²) in [6.45, 7) is 3.70. The molecular formula is C12H18BrNO3S. The lowest BCUT2D eigenvalue weighted by Gasteiger charge is -2.16. The van der Waals surface area contributed by atoms with Crippen LogP contribution in [0.1, 0.15) is 32.3 Å². The van der Waals surface area contributed by atoms with Gasteiger partial charge < -0.3 is 5.11 Å². The zero-order valence-corrected chi connectivity index (χ0v) is 12.9. The fourth-order valence-electron chi connectivity index (χ4n) is 1.59. The van der Waals surface area contributed by atoms with Crippen molar-refractivity contribution in [2.45, 2.75) is 44.2 Å². The van der Waals surface area contributed by atoms with Gasteiger partial charge in [-0.25, -0.2) is 13.1 Å². The van der Waals surface area contributed by atoms with Gasteiger partial charge in [0, 0.05) is 10.5 Å². The molecule has 0 aliphatic carbocycles. The SMILES string of the molecule is CCC(CC)NS(=O)(=O)c1cc(CO)ccc1Br. The molecule has 0 bridgehead atoms. The quantitative estimate of drug-likeness (QED) is 0.838. The molecule has 0 amide bonds. The molecule has 1 rings (SSSR count). The van der Waals surface area contributed by atoms with Crippen LogP contribution in [0.25, 0.3) is 0 Å². The monoisotopic (exact) mass is 335 g/mol. The Kier molecular flexibility index (Phi) is 5.78. The first kappa shape index (κ1) is 15.6. The van der Waals surface area contributed by atoms with Crippen LogP contribution < -0.4 is 4.72 Å². The molecule has 0 fully saturated rings. The molecule has 0 saturated heterocycles. The molecule has 0 heterocycles. The van der Waals surface area contributed by atoms with Crippen LogP contribution in [0, 0.1) is 0 Å². The van der Waals surface area contributed by atoms with E-state index in [2.05, 4.69) is 20.7 Å². The molecule has 1 aromatic carbocycles. The predicted molar refractivity (Wildman–Crippen MR) is 74.8 cm³/mol. The summed E-state index contributed by atoms with van der Waals surface area (Å²) in [5.41, 5.74) is 0.572. The fraction of sp³-hybridized carbons (Fsp3) is 0.500. The van der Waals surface area contributed by atoms with Crippen molar-refractivity contribution in [1.29, 1.82) is 0 Å². The van der Waals surface area contributed by atoms with Gasteiger partial charge in [0.15, 0.2) is 0 Å². The summed E-state index contributed by atoms with van der Waals surface area (Å²) in [6.07, 6.45) is 1.49. The highest BCUT2D eigenvalue weighted by Crippen LogP contribution is 2.23. The van der Waals surface area contributed by atoms with Gasteiger partial charge in [0.25, 0.3) is 0 Å². The summed E-state index contributed by atoms with van der Waals surface area (Å²) in [5.74, 6) is 0. The van der Waals surface area contributed by atoms with Gasteiger partial charge in [-0.1, -0.05) is 19.9 Å². The van der Waals surface area contributed by atoms with E-state index in [4.69, 9.17) is 5.11 Å². The summed E-state index contributed by atoms with van der Waals surface area (Å²) < 4.78 is 27.6. The molecule has 0 spiro atoms. The second-order valence-corrected chi connectivity index (χ2v) is 6.59. The van der Waals surface area contributed by atoms with Crippen molar-refractivity contribution in [2.24, 2.45) is 0 Å². The van der Waals surface area contributed by atoms with Crippen LogP contribution in [-0.2, 0) is 16.6 Å². The maximum absolute atomic E-state index is 12.2. The molecule has 102 valence electrons. The molecule has 0 unspecified atom stereocenters. The average Bonchev–Trinajstić information content (AvgIpc) is 2.36. The van der Waals surface area contributed by atoms with Crippen molar-refractivity contribution in [3.63, 3.8) is 0 Å². The summed E-state index contributed by atoms with van der Waals surface area (Å²) >= 11 is 3.23. The Balaban J connectivity index is 3.11. The van der Waals surface area contributed by atoms with E-state index < -0.39 is 10.0 Å². The Morgan fingerprint density at radius 3 is 2.44 bits per heavy atom.